The highest BCUT2D eigenvalue weighted by Crippen LogP contribution is 2.38. The molecule has 1 N–H and O–H groups in total. The monoisotopic (exact) mass is 201 g/mol. The van der Waals surface area contributed by atoms with Crippen LogP contribution in [-0.4, -0.2) is 16.7 Å². The third-order valence-electron chi connectivity index (χ3n) is 3.03. The lowest BCUT2D eigenvalue weighted by molar-refractivity contribution is 0.388. The van der Waals surface area contributed by atoms with Crippen molar-refractivity contribution < 1.29 is 0 Å². The second kappa shape index (κ2) is 5.26. The lowest BCUT2D eigenvalue weighted by Gasteiger charge is -2.28. The summed E-state index contributed by atoms with van der Waals surface area (Å²) in [5.74, 6) is 1.31. The smallest absolute Gasteiger partial charge is 0.0645 e. The molecule has 0 amide bonds. The van der Waals surface area contributed by atoms with Gasteiger partial charge in [0.2, 0.25) is 0 Å². The standard InChI is InChI=1S/C11H23NS/c1-4-7-8-11(6-3)12-10(5-2)9-13-11/h10,12H,4-9H2,1-3H3. The summed E-state index contributed by atoms with van der Waals surface area (Å²) in [5, 5.41) is 3.80. The van der Waals surface area contributed by atoms with Gasteiger partial charge in [0.25, 0.3) is 0 Å². The molecule has 1 rings (SSSR count). The van der Waals surface area contributed by atoms with E-state index in [2.05, 4.69) is 37.8 Å². The van der Waals surface area contributed by atoms with Crippen molar-refractivity contribution in [1.29, 1.82) is 0 Å². The predicted octanol–water partition coefficient (Wildman–Crippen LogP) is 3.40. The summed E-state index contributed by atoms with van der Waals surface area (Å²) in [4.78, 5) is 0.427. The van der Waals surface area contributed by atoms with Crippen molar-refractivity contribution in [2.24, 2.45) is 0 Å². The Balaban J connectivity index is 2.42. The molecule has 1 aliphatic rings. The van der Waals surface area contributed by atoms with Gasteiger partial charge in [-0.2, -0.15) is 0 Å². The van der Waals surface area contributed by atoms with Crippen molar-refractivity contribution >= 4 is 11.8 Å². The Morgan fingerprint density at radius 2 is 2.15 bits per heavy atom. The van der Waals surface area contributed by atoms with Crippen LogP contribution in [0.1, 0.15) is 52.9 Å². The van der Waals surface area contributed by atoms with Crippen LogP contribution in [0.25, 0.3) is 0 Å². The lowest BCUT2D eigenvalue weighted by Crippen LogP contribution is -2.40. The van der Waals surface area contributed by atoms with Crippen LogP contribution in [0.3, 0.4) is 0 Å². The number of thioether (sulfide) groups is 1. The molecule has 1 heterocycles. The fourth-order valence-corrected chi connectivity index (χ4v) is 3.50. The van der Waals surface area contributed by atoms with Gasteiger partial charge in [0.1, 0.15) is 0 Å². The average molecular weight is 201 g/mol. The van der Waals surface area contributed by atoms with E-state index in [9.17, 15) is 0 Å². The van der Waals surface area contributed by atoms with E-state index in [1.807, 2.05) is 0 Å². The second-order valence-electron chi connectivity index (χ2n) is 4.01. The predicted molar refractivity (Wildman–Crippen MR) is 62.2 cm³/mol. The van der Waals surface area contributed by atoms with E-state index in [4.69, 9.17) is 0 Å². The lowest BCUT2D eigenvalue weighted by atomic mass is 10.1. The second-order valence-corrected chi connectivity index (χ2v) is 5.42. The van der Waals surface area contributed by atoms with E-state index in [-0.39, 0.29) is 0 Å². The molecule has 2 unspecified atom stereocenters. The summed E-state index contributed by atoms with van der Waals surface area (Å²) in [6.07, 6.45) is 6.58. The van der Waals surface area contributed by atoms with Crippen LogP contribution in [0.5, 0.6) is 0 Å². The highest BCUT2D eigenvalue weighted by atomic mass is 32.2. The molecule has 0 aromatic heterocycles. The summed E-state index contributed by atoms with van der Waals surface area (Å²) < 4.78 is 0. The first-order chi connectivity index (χ1) is 6.26. The van der Waals surface area contributed by atoms with Gasteiger partial charge in [-0.3, -0.25) is 5.32 Å². The number of nitrogens with one attached hydrogen (secondary N) is 1. The van der Waals surface area contributed by atoms with Crippen molar-refractivity contribution in [1.82, 2.24) is 5.32 Å². The highest BCUT2D eigenvalue weighted by molar-refractivity contribution is 8.00. The van der Waals surface area contributed by atoms with Crippen LogP contribution in [0.2, 0.25) is 0 Å². The Morgan fingerprint density at radius 3 is 2.62 bits per heavy atom. The Morgan fingerprint density at radius 1 is 1.38 bits per heavy atom. The van der Waals surface area contributed by atoms with Crippen molar-refractivity contribution in [3.05, 3.63) is 0 Å². The van der Waals surface area contributed by atoms with Crippen LogP contribution in [0, 0.1) is 0 Å². The topological polar surface area (TPSA) is 12.0 Å². The van der Waals surface area contributed by atoms with Gasteiger partial charge in [-0.15, -0.1) is 11.8 Å². The minimum absolute atomic E-state index is 0.427. The molecule has 0 bridgehead atoms. The minimum Gasteiger partial charge on any atom is -0.299 e. The first-order valence-corrected chi connectivity index (χ1v) is 6.66. The van der Waals surface area contributed by atoms with Crippen LogP contribution in [-0.2, 0) is 0 Å². The zero-order chi connectivity index (χ0) is 9.73. The van der Waals surface area contributed by atoms with Gasteiger partial charge in [-0.05, 0) is 19.3 Å². The maximum atomic E-state index is 3.80. The molecule has 0 saturated carbocycles. The molecular formula is C11H23NS. The van der Waals surface area contributed by atoms with Gasteiger partial charge in [-0.1, -0.05) is 33.6 Å². The Bertz CT molecular complexity index is 149. The summed E-state index contributed by atoms with van der Waals surface area (Å²) in [7, 11) is 0. The van der Waals surface area contributed by atoms with E-state index in [0.29, 0.717) is 4.87 Å². The third kappa shape index (κ3) is 2.88. The van der Waals surface area contributed by atoms with Gasteiger partial charge in [-0.25, -0.2) is 0 Å². The number of hydrogen-bond acceptors (Lipinski definition) is 2. The largest absolute Gasteiger partial charge is 0.299 e. The normalized spacial score (nSPS) is 33.9. The van der Waals surface area contributed by atoms with E-state index >= 15 is 0 Å². The first-order valence-electron chi connectivity index (χ1n) is 5.68. The Kier molecular flexibility index (Phi) is 4.60. The molecule has 0 radical (unpaired) electrons. The molecule has 0 aromatic rings. The summed E-state index contributed by atoms with van der Waals surface area (Å²) >= 11 is 2.15. The fraction of sp³-hybridized carbons (Fsp3) is 1.00. The van der Waals surface area contributed by atoms with Crippen molar-refractivity contribution in [2.75, 3.05) is 5.75 Å². The van der Waals surface area contributed by atoms with Gasteiger partial charge >= 0.3 is 0 Å². The SMILES string of the molecule is CCCCC1(CC)NC(CC)CS1. The summed E-state index contributed by atoms with van der Waals surface area (Å²) in [6.45, 7) is 6.87. The molecule has 0 aliphatic carbocycles. The van der Waals surface area contributed by atoms with Gasteiger partial charge in [0, 0.05) is 11.8 Å². The molecule has 1 aliphatic heterocycles. The van der Waals surface area contributed by atoms with Crippen molar-refractivity contribution in [2.45, 2.75) is 63.8 Å². The zero-order valence-corrected chi connectivity index (χ0v) is 10.0. The molecule has 13 heavy (non-hydrogen) atoms. The van der Waals surface area contributed by atoms with Gasteiger partial charge in [0.15, 0.2) is 0 Å². The molecule has 1 fully saturated rings. The van der Waals surface area contributed by atoms with E-state index < -0.39 is 0 Å². The zero-order valence-electron chi connectivity index (χ0n) is 9.23. The van der Waals surface area contributed by atoms with Crippen molar-refractivity contribution in [3.8, 4) is 0 Å². The third-order valence-corrected chi connectivity index (χ3v) is 4.76. The average Bonchev–Trinajstić information content (AvgIpc) is 2.59. The fourth-order valence-electron chi connectivity index (χ4n) is 1.92. The molecule has 1 nitrogen and oxygen atoms in total. The molecular weight excluding hydrogens is 178 g/mol. The molecule has 2 heteroatoms. The van der Waals surface area contributed by atoms with E-state index in [1.54, 1.807) is 0 Å². The van der Waals surface area contributed by atoms with Crippen molar-refractivity contribution in [3.63, 3.8) is 0 Å². The van der Waals surface area contributed by atoms with Crippen LogP contribution in [0.4, 0.5) is 0 Å². The number of rotatable bonds is 5. The van der Waals surface area contributed by atoms with E-state index in [1.165, 1.54) is 37.9 Å². The molecule has 0 spiro atoms. The quantitative estimate of drug-likeness (QED) is 0.731. The number of unbranched alkanes of at least 4 members (excludes halogenated alkanes) is 1. The summed E-state index contributed by atoms with van der Waals surface area (Å²) in [6, 6.07) is 0.766. The van der Waals surface area contributed by atoms with E-state index in [0.717, 1.165) is 6.04 Å². The first kappa shape index (κ1) is 11.4. The van der Waals surface area contributed by atoms with Crippen LogP contribution < -0.4 is 5.32 Å². The molecule has 2 atom stereocenters. The highest BCUT2D eigenvalue weighted by Gasteiger charge is 2.35. The van der Waals surface area contributed by atoms with Gasteiger partial charge < -0.3 is 0 Å². The number of hydrogen-bond donors (Lipinski definition) is 1. The van der Waals surface area contributed by atoms with Gasteiger partial charge in [0.05, 0.1) is 4.87 Å². The summed E-state index contributed by atoms with van der Waals surface area (Å²) in [5.41, 5.74) is 0. The molecule has 78 valence electrons. The maximum absolute atomic E-state index is 3.80. The maximum Gasteiger partial charge on any atom is 0.0645 e. The van der Waals surface area contributed by atoms with Crippen LogP contribution >= 0.6 is 11.8 Å². The molecule has 1 saturated heterocycles. The Hall–Kier alpha value is 0.310. The van der Waals surface area contributed by atoms with Crippen LogP contribution in [0.15, 0.2) is 0 Å². The Labute approximate surface area is 87.1 Å². The molecule has 0 aromatic carbocycles. The minimum atomic E-state index is 0.427.